The van der Waals surface area contributed by atoms with E-state index < -0.39 is 0 Å². The van der Waals surface area contributed by atoms with Gasteiger partial charge in [0.1, 0.15) is 11.6 Å². The van der Waals surface area contributed by atoms with Crippen molar-refractivity contribution in [2.45, 2.75) is 6.54 Å². The molecule has 2 N–H and O–H groups in total. The van der Waals surface area contributed by atoms with Gasteiger partial charge in [-0.1, -0.05) is 53.5 Å². The molecule has 1 aromatic heterocycles. The largest absolute Gasteiger partial charge is 0.372 e. The molecule has 0 saturated heterocycles. The maximum atomic E-state index is 6.09. The number of hydrogen-bond donors (Lipinski definition) is 2. The van der Waals surface area contributed by atoms with Gasteiger partial charge in [0.15, 0.2) is 0 Å². The Kier molecular flexibility index (Phi) is 4.28. The Hall–Kier alpha value is -1.45. The van der Waals surface area contributed by atoms with Gasteiger partial charge in [-0.3, -0.25) is 0 Å². The highest BCUT2D eigenvalue weighted by atomic mass is 35.5. The third kappa shape index (κ3) is 3.06. The molecule has 5 heteroatoms. The summed E-state index contributed by atoms with van der Waals surface area (Å²) in [5, 5.41) is 7.13. The lowest BCUT2D eigenvalue weighted by Gasteiger charge is -2.10. The van der Waals surface area contributed by atoms with Gasteiger partial charge in [-0.05, 0) is 11.6 Å². The van der Waals surface area contributed by atoms with Gasteiger partial charge in [0.05, 0.1) is 10.0 Å². The van der Waals surface area contributed by atoms with Crippen molar-refractivity contribution in [2.24, 2.45) is 0 Å². The zero-order valence-electron chi connectivity index (χ0n) is 9.87. The van der Waals surface area contributed by atoms with Gasteiger partial charge in [-0.25, -0.2) is 4.98 Å². The lowest BCUT2D eigenvalue weighted by molar-refractivity contribution is 1.11. The lowest BCUT2D eigenvalue weighted by Crippen LogP contribution is -2.04. The van der Waals surface area contributed by atoms with Gasteiger partial charge in [0, 0.05) is 13.6 Å². The van der Waals surface area contributed by atoms with Gasteiger partial charge < -0.3 is 10.6 Å². The molecule has 0 aliphatic carbocycles. The molecule has 3 nitrogen and oxygen atoms in total. The van der Waals surface area contributed by atoms with Crippen molar-refractivity contribution >= 4 is 34.8 Å². The number of anilines is 2. The summed E-state index contributed by atoms with van der Waals surface area (Å²) in [6, 6.07) is 11.7. The average Bonchev–Trinajstić information content (AvgIpc) is 2.39. The van der Waals surface area contributed by atoms with Gasteiger partial charge in [-0.2, -0.15) is 0 Å². The molecule has 1 aromatic carbocycles. The Morgan fingerprint density at radius 1 is 1.06 bits per heavy atom. The summed E-state index contributed by atoms with van der Waals surface area (Å²) in [4.78, 5) is 4.32. The molecule has 0 radical (unpaired) electrons. The average molecular weight is 282 g/mol. The fourth-order valence-corrected chi connectivity index (χ4v) is 2.07. The standard InChI is InChI=1S/C13H13Cl2N3/c1-16-12-10(14)7-11(15)13(18-12)17-8-9-5-3-2-4-6-9/h2-7H,8H2,1H3,(H2,16,17,18). The van der Waals surface area contributed by atoms with Crippen LogP contribution in [0.3, 0.4) is 0 Å². The summed E-state index contributed by atoms with van der Waals surface area (Å²) in [5.41, 5.74) is 1.16. The van der Waals surface area contributed by atoms with Crippen molar-refractivity contribution in [3.8, 4) is 0 Å². The first-order valence-electron chi connectivity index (χ1n) is 5.52. The van der Waals surface area contributed by atoms with E-state index >= 15 is 0 Å². The van der Waals surface area contributed by atoms with Crippen molar-refractivity contribution in [1.82, 2.24) is 4.98 Å². The van der Waals surface area contributed by atoms with E-state index in [0.29, 0.717) is 28.2 Å². The van der Waals surface area contributed by atoms with Crippen LogP contribution in [0, 0.1) is 0 Å². The number of aromatic nitrogens is 1. The van der Waals surface area contributed by atoms with Crippen LogP contribution in [-0.2, 0) is 6.54 Å². The maximum Gasteiger partial charge on any atom is 0.147 e. The van der Waals surface area contributed by atoms with Crippen LogP contribution in [0.4, 0.5) is 11.6 Å². The minimum Gasteiger partial charge on any atom is -0.372 e. The van der Waals surface area contributed by atoms with Crippen LogP contribution < -0.4 is 10.6 Å². The molecule has 0 spiro atoms. The van der Waals surface area contributed by atoms with Crippen molar-refractivity contribution in [3.63, 3.8) is 0 Å². The summed E-state index contributed by atoms with van der Waals surface area (Å²) >= 11 is 12.1. The van der Waals surface area contributed by atoms with Gasteiger partial charge in [-0.15, -0.1) is 0 Å². The molecule has 0 atom stereocenters. The number of nitrogens with one attached hydrogen (secondary N) is 2. The Balaban J connectivity index is 2.14. The minimum absolute atomic E-state index is 0.507. The molecule has 94 valence electrons. The number of halogens is 2. The van der Waals surface area contributed by atoms with Crippen LogP contribution in [0.5, 0.6) is 0 Å². The predicted molar refractivity (Wildman–Crippen MR) is 77.6 cm³/mol. The Bertz CT molecular complexity index is 529. The van der Waals surface area contributed by atoms with Crippen LogP contribution >= 0.6 is 23.2 Å². The smallest absolute Gasteiger partial charge is 0.147 e. The molecule has 0 amide bonds. The van der Waals surface area contributed by atoms with E-state index in [1.54, 1.807) is 13.1 Å². The first-order valence-corrected chi connectivity index (χ1v) is 6.28. The Morgan fingerprint density at radius 2 is 1.72 bits per heavy atom. The second kappa shape index (κ2) is 5.94. The highest BCUT2D eigenvalue weighted by molar-refractivity contribution is 6.37. The zero-order chi connectivity index (χ0) is 13.0. The van der Waals surface area contributed by atoms with Crippen LogP contribution in [-0.4, -0.2) is 12.0 Å². The Labute approximate surface area is 116 Å². The van der Waals surface area contributed by atoms with Crippen molar-refractivity contribution < 1.29 is 0 Å². The monoisotopic (exact) mass is 281 g/mol. The number of pyridine rings is 1. The van der Waals surface area contributed by atoms with E-state index in [2.05, 4.69) is 15.6 Å². The SMILES string of the molecule is CNc1nc(NCc2ccccc2)c(Cl)cc1Cl. The van der Waals surface area contributed by atoms with Crippen LogP contribution in [0.15, 0.2) is 36.4 Å². The molecular weight excluding hydrogens is 269 g/mol. The normalized spacial score (nSPS) is 10.2. The molecule has 18 heavy (non-hydrogen) atoms. The Morgan fingerprint density at radius 3 is 2.39 bits per heavy atom. The molecule has 0 bridgehead atoms. The molecule has 2 aromatic rings. The molecule has 0 fully saturated rings. The maximum absolute atomic E-state index is 6.09. The summed E-state index contributed by atoms with van der Waals surface area (Å²) in [6.45, 7) is 0.665. The van der Waals surface area contributed by atoms with E-state index in [4.69, 9.17) is 23.2 Å². The molecule has 2 rings (SSSR count). The van der Waals surface area contributed by atoms with Crippen LogP contribution in [0.2, 0.25) is 10.0 Å². The fraction of sp³-hybridized carbons (Fsp3) is 0.154. The topological polar surface area (TPSA) is 37.0 Å². The zero-order valence-corrected chi connectivity index (χ0v) is 11.4. The highest BCUT2D eigenvalue weighted by Crippen LogP contribution is 2.29. The predicted octanol–water partition coefficient (Wildman–Crippen LogP) is 4.04. The fourth-order valence-electron chi connectivity index (χ4n) is 1.55. The number of nitrogens with zero attached hydrogens (tertiary/aromatic N) is 1. The van der Waals surface area contributed by atoms with E-state index in [1.165, 1.54) is 0 Å². The summed E-state index contributed by atoms with van der Waals surface area (Å²) in [5.74, 6) is 1.23. The second-order valence-electron chi connectivity index (χ2n) is 3.74. The summed E-state index contributed by atoms with van der Waals surface area (Å²) < 4.78 is 0. The summed E-state index contributed by atoms with van der Waals surface area (Å²) in [7, 11) is 1.77. The quantitative estimate of drug-likeness (QED) is 0.888. The second-order valence-corrected chi connectivity index (χ2v) is 4.55. The van der Waals surface area contributed by atoms with E-state index in [-0.39, 0.29) is 0 Å². The number of rotatable bonds is 4. The van der Waals surface area contributed by atoms with Crippen LogP contribution in [0.1, 0.15) is 5.56 Å². The van der Waals surface area contributed by atoms with Crippen LogP contribution in [0.25, 0.3) is 0 Å². The van der Waals surface area contributed by atoms with E-state index in [1.807, 2.05) is 30.3 Å². The van der Waals surface area contributed by atoms with E-state index in [0.717, 1.165) is 5.56 Å². The van der Waals surface area contributed by atoms with E-state index in [9.17, 15) is 0 Å². The van der Waals surface area contributed by atoms with Crippen molar-refractivity contribution in [3.05, 3.63) is 52.0 Å². The van der Waals surface area contributed by atoms with Gasteiger partial charge in [0.2, 0.25) is 0 Å². The first-order chi connectivity index (χ1) is 8.70. The highest BCUT2D eigenvalue weighted by Gasteiger charge is 2.07. The first kappa shape index (κ1) is 13.0. The van der Waals surface area contributed by atoms with Crippen molar-refractivity contribution in [1.29, 1.82) is 0 Å². The molecule has 0 unspecified atom stereocenters. The molecule has 0 aliphatic heterocycles. The molecule has 1 heterocycles. The molecule has 0 aliphatic rings. The van der Waals surface area contributed by atoms with Crippen molar-refractivity contribution in [2.75, 3.05) is 17.7 Å². The number of hydrogen-bond acceptors (Lipinski definition) is 3. The molecule has 0 saturated carbocycles. The lowest BCUT2D eigenvalue weighted by atomic mass is 10.2. The summed E-state index contributed by atoms with van der Waals surface area (Å²) in [6.07, 6.45) is 0. The van der Waals surface area contributed by atoms with Gasteiger partial charge >= 0.3 is 0 Å². The molecular formula is C13H13Cl2N3. The third-order valence-electron chi connectivity index (χ3n) is 2.47. The third-order valence-corrected chi connectivity index (χ3v) is 3.05. The van der Waals surface area contributed by atoms with Gasteiger partial charge in [0.25, 0.3) is 0 Å². The number of benzene rings is 1. The minimum atomic E-state index is 0.507.